The fourth-order valence-electron chi connectivity index (χ4n) is 4.55. The first kappa shape index (κ1) is 20.7. The number of benzene rings is 5. The van der Waals surface area contributed by atoms with E-state index in [9.17, 15) is 0 Å². The van der Waals surface area contributed by atoms with E-state index in [4.69, 9.17) is 8.22 Å². The summed E-state index contributed by atoms with van der Waals surface area (Å²) in [5, 5.41) is 0. The summed E-state index contributed by atoms with van der Waals surface area (Å²) < 4.78 is 45.0. The molecule has 6 rings (SSSR count). The van der Waals surface area contributed by atoms with E-state index < -0.39 is 13.7 Å². The Morgan fingerprint density at radius 1 is 0.658 bits per heavy atom. The number of hydrogen-bond acceptors (Lipinski definition) is 0. The Balaban J connectivity index is 0.000000202. The number of aryl methyl sites for hydroxylation is 2. The first-order chi connectivity index (χ1) is 20.6. The molecule has 0 N–H and O–H groups in total. The fourth-order valence-corrected chi connectivity index (χ4v) is 4.55. The minimum Gasteiger partial charge on any atom is -0.226 e. The van der Waals surface area contributed by atoms with Gasteiger partial charge in [-0.3, -0.25) is 0 Å². The molecule has 1 fully saturated rings. The van der Waals surface area contributed by atoms with Gasteiger partial charge in [-0.15, -0.1) is 28.8 Å². The molecular weight excluding hydrogens is 637 g/mol. The van der Waals surface area contributed by atoms with Crippen molar-refractivity contribution in [3.63, 3.8) is 0 Å². The van der Waals surface area contributed by atoms with E-state index in [1.165, 1.54) is 30.0 Å². The normalized spacial score (nSPS) is 16.3. The molecule has 0 amide bonds. The van der Waals surface area contributed by atoms with Gasteiger partial charge in [0.15, 0.2) is 0 Å². The van der Waals surface area contributed by atoms with E-state index in [2.05, 4.69) is 66.7 Å². The molecule has 1 saturated carbocycles. The zero-order valence-corrected chi connectivity index (χ0v) is 23.4. The van der Waals surface area contributed by atoms with E-state index in [1.807, 2.05) is 24.3 Å². The van der Waals surface area contributed by atoms with Gasteiger partial charge in [0.1, 0.15) is 0 Å². The fraction of sp³-hybridized carbons (Fsp3) is 0.189. The maximum Gasteiger partial charge on any atom is 0.0352 e. The van der Waals surface area contributed by atoms with Crippen molar-refractivity contribution in [3.8, 4) is 33.4 Å². The minimum atomic E-state index is -2.12. The minimum absolute atomic E-state index is 0. The first-order valence-electron chi connectivity index (χ1n) is 15.8. The quantitative estimate of drug-likeness (QED) is 0.167. The van der Waals surface area contributed by atoms with Crippen LogP contribution in [0.4, 0.5) is 0 Å². The molecule has 5 aromatic rings. The summed E-state index contributed by atoms with van der Waals surface area (Å²) in [7, 11) is 0. The Morgan fingerprint density at radius 2 is 1.34 bits per heavy atom. The second-order valence-electron chi connectivity index (χ2n) is 9.18. The molecular formula is C37H32Ir-4. The van der Waals surface area contributed by atoms with Gasteiger partial charge in [0.05, 0.1) is 0 Å². The second-order valence-corrected chi connectivity index (χ2v) is 9.18. The molecule has 0 aliphatic heterocycles. The Hall–Kier alpha value is -3.25. The average molecular weight is 675 g/mol. The molecule has 0 saturated heterocycles. The summed E-state index contributed by atoms with van der Waals surface area (Å²) in [6.07, 6.45) is 4.33. The molecule has 0 heterocycles. The van der Waals surface area contributed by atoms with Crippen molar-refractivity contribution in [2.24, 2.45) is 0 Å². The predicted molar refractivity (Wildman–Crippen MR) is 155 cm³/mol. The van der Waals surface area contributed by atoms with Gasteiger partial charge in [-0.05, 0) is 29.9 Å². The van der Waals surface area contributed by atoms with Crippen molar-refractivity contribution in [2.75, 3.05) is 0 Å². The maximum atomic E-state index is 8.63. The van der Waals surface area contributed by atoms with Crippen LogP contribution < -0.4 is 0 Å². The smallest absolute Gasteiger partial charge is 0.0352 e. The van der Waals surface area contributed by atoms with Gasteiger partial charge in [0, 0.05) is 28.3 Å². The van der Waals surface area contributed by atoms with Crippen molar-refractivity contribution in [2.45, 2.75) is 45.3 Å². The van der Waals surface area contributed by atoms with Gasteiger partial charge < -0.3 is 0 Å². The molecule has 38 heavy (non-hydrogen) atoms. The third-order valence-corrected chi connectivity index (χ3v) is 6.57. The van der Waals surface area contributed by atoms with E-state index >= 15 is 0 Å². The van der Waals surface area contributed by atoms with Crippen molar-refractivity contribution >= 4 is 0 Å². The molecule has 0 bridgehead atoms. The Morgan fingerprint density at radius 3 is 1.95 bits per heavy atom. The maximum absolute atomic E-state index is 8.63. The molecule has 0 aromatic heterocycles. The average Bonchev–Trinajstić information content (AvgIpc) is 3.49. The molecule has 1 heteroatoms. The molecule has 0 atom stereocenters. The van der Waals surface area contributed by atoms with Crippen LogP contribution >= 0.6 is 0 Å². The van der Waals surface area contributed by atoms with Gasteiger partial charge in [-0.1, -0.05) is 50.8 Å². The van der Waals surface area contributed by atoms with E-state index in [0.717, 1.165) is 40.7 Å². The molecule has 0 nitrogen and oxygen atoms in total. The summed E-state index contributed by atoms with van der Waals surface area (Å²) in [5.41, 5.74) is 7.98. The first-order valence-corrected chi connectivity index (χ1v) is 12.6. The Labute approximate surface area is 250 Å². The van der Waals surface area contributed by atoms with Gasteiger partial charge >= 0.3 is 0 Å². The van der Waals surface area contributed by atoms with Gasteiger partial charge in [0.25, 0.3) is 0 Å². The van der Waals surface area contributed by atoms with E-state index in [-0.39, 0.29) is 31.6 Å². The molecule has 0 spiro atoms. The zero-order valence-electron chi connectivity index (χ0n) is 27.1. The summed E-state index contributed by atoms with van der Waals surface area (Å²) in [6, 6.07) is 45.0. The largest absolute Gasteiger partial charge is 0.226 e. The molecule has 193 valence electrons. The number of rotatable bonds is 4. The van der Waals surface area contributed by atoms with Crippen LogP contribution in [0.1, 0.15) is 56.5 Å². The predicted octanol–water partition coefficient (Wildman–Crippen LogP) is 9.85. The molecule has 1 radical (unpaired) electrons. The van der Waals surface area contributed by atoms with Crippen LogP contribution in [0.25, 0.3) is 33.4 Å². The summed E-state index contributed by atoms with van der Waals surface area (Å²) in [6.45, 7) is -3.14. The van der Waals surface area contributed by atoms with Crippen LogP contribution in [0, 0.1) is 38.0 Å². The molecule has 1 aliphatic rings. The summed E-state index contributed by atoms with van der Waals surface area (Å²) >= 11 is 0. The monoisotopic (exact) mass is 675 g/mol. The van der Waals surface area contributed by atoms with E-state index in [1.54, 1.807) is 30.3 Å². The molecule has 1 aliphatic carbocycles. The van der Waals surface area contributed by atoms with Crippen molar-refractivity contribution in [3.05, 3.63) is 144 Å². The number of hydrogen-bond donors (Lipinski definition) is 0. The third-order valence-electron chi connectivity index (χ3n) is 6.57. The van der Waals surface area contributed by atoms with Crippen LogP contribution in [0.15, 0.2) is 103 Å². The topological polar surface area (TPSA) is 0 Å². The van der Waals surface area contributed by atoms with Crippen LogP contribution in [0.3, 0.4) is 0 Å². The van der Waals surface area contributed by atoms with Gasteiger partial charge in [-0.25, -0.2) is 22.3 Å². The third kappa shape index (κ3) is 7.19. The second kappa shape index (κ2) is 13.5. The van der Waals surface area contributed by atoms with Crippen molar-refractivity contribution in [1.82, 2.24) is 0 Å². The van der Waals surface area contributed by atoms with Gasteiger partial charge in [0.2, 0.25) is 0 Å². The summed E-state index contributed by atoms with van der Waals surface area (Å²) in [4.78, 5) is 0. The van der Waals surface area contributed by atoms with Crippen LogP contribution in [0.5, 0.6) is 0 Å². The van der Waals surface area contributed by atoms with Crippen LogP contribution in [0.2, 0.25) is 0 Å². The van der Waals surface area contributed by atoms with Crippen LogP contribution in [-0.4, -0.2) is 0 Å². The Bertz CT molecular complexity index is 1600. The Kier molecular flexibility index (Phi) is 7.36. The van der Waals surface area contributed by atoms with Crippen LogP contribution in [-0.2, 0) is 20.1 Å². The van der Waals surface area contributed by atoms with Crippen molar-refractivity contribution in [1.29, 1.82) is 0 Å². The zero-order chi connectivity index (χ0) is 30.5. The SMILES string of the molecule is [2H]C([2H])c1c[c-]c(-c2[c-]cc(C([2H])([2H])[2H])cc2)cc1.[2H]C1(c2ccc(-c3cc[c-]c(-c4[c-]cccc4)c3)cc2)CCCC1.[Ir]. The molecule has 0 unspecified atom stereocenters. The van der Waals surface area contributed by atoms with Crippen molar-refractivity contribution < 1.29 is 28.3 Å². The van der Waals surface area contributed by atoms with Gasteiger partial charge in [-0.2, -0.15) is 91.0 Å². The standard InChI is InChI=1S/C23H20.C14H12.Ir/c1-2-7-19(8-3-1)22-11-6-12-23(17-22)21-15-13-20(14-16-21)18-9-4-5-10-18;1-11-3-7-13(8-4-11)14-9-5-12(2)6-10-14;/h1-3,6-7,12-18H,4-5,9-10H2;3-7,9H,1-2H3;/q2*-2;/i18D;1D2,2D3;. The summed E-state index contributed by atoms with van der Waals surface area (Å²) in [5.74, 6) is -0.368. The molecule has 5 aromatic carbocycles. The van der Waals surface area contributed by atoms with E-state index in [0.29, 0.717) is 5.56 Å².